The Balaban J connectivity index is 1.86. The zero-order valence-electron chi connectivity index (χ0n) is 11.3. The van der Waals surface area contributed by atoms with E-state index in [1.807, 2.05) is 24.5 Å². The topological polar surface area (TPSA) is 38.5 Å². The van der Waals surface area contributed by atoms with Crippen molar-refractivity contribution in [2.24, 2.45) is 0 Å². The van der Waals surface area contributed by atoms with Crippen LogP contribution in [0.25, 0.3) is 0 Å². The van der Waals surface area contributed by atoms with Gasteiger partial charge in [-0.3, -0.25) is 9.88 Å². The van der Waals surface area contributed by atoms with Gasteiger partial charge in [-0.05, 0) is 36.2 Å². The van der Waals surface area contributed by atoms with Crippen LogP contribution in [0.4, 0.5) is 0 Å². The molecule has 19 heavy (non-hydrogen) atoms. The van der Waals surface area contributed by atoms with Crippen molar-refractivity contribution in [3.05, 3.63) is 54.2 Å². The molecule has 2 heterocycles. The quantitative estimate of drug-likeness (QED) is 0.730. The first-order valence-corrected chi connectivity index (χ1v) is 6.51. The summed E-state index contributed by atoms with van der Waals surface area (Å²) in [6, 6.07) is 8.04. The maximum atomic E-state index is 5.40. The molecule has 0 fully saturated rings. The molecule has 4 heteroatoms. The fourth-order valence-electron chi connectivity index (χ4n) is 1.95. The lowest BCUT2D eigenvalue weighted by atomic mass is 10.2. The number of pyridine rings is 1. The van der Waals surface area contributed by atoms with Crippen molar-refractivity contribution in [1.29, 1.82) is 0 Å². The summed E-state index contributed by atoms with van der Waals surface area (Å²) in [6.07, 6.45) is 6.39. The number of hydrogen-bond acceptors (Lipinski definition) is 4. The number of rotatable bonds is 8. The summed E-state index contributed by atoms with van der Waals surface area (Å²) in [6.45, 7) is 3.44. The van der Waals surface area contributed by atoms with Gasteiger partial charge in [-0.2, -0.15) is 0 Å². The molecular weight excluding hydrogens is 240 g/mol. The highest BCUT2D eigenvalue weighted by Gasteiger charge is 2.08. The molecule has 0 aliphatic heterocycles. The van der Waals surface area contributed by atoms with Crippen LogP contribution in [-0.4, -0.2) is 36.7 Å². The molecule has 0 aliphatic rings. The molecule has 0 saturated carbocycles. The Morgan fingerprint density at radius 1 is 1.21 bits per heavy atom. The minimum atomic E-state index is 0.733. The smallest absolute Gasteiger partial charge is 0.117 e. The first-order chi connectivity index (χ1) is 9.38. The highest BCUT2D eigenvalue weighted by atomic mass is 16.5. The van der Waals surface area contributed by atoms with Crippen LogP contribution < -0.4 is 0 Å². The zero-order valence-corrected chi connectivity index (χ0v) is 11.3. The van der Waals surface area contributed by atoms with Crippen LogP contribution in [0, 0.1) is 0 Å². The van der Waals surface area contributed by atoms with Crippen LogP contribution in [0.5, 0.6) is 0 Å². The summed E-state index contributed by atoms with van der Waals surface area (Å²) < 4.78 is 10.6. The molecule has 2 aromatic heterocycles. The number of ether oxygens (including phenoxy) is 1. The van der Waals surface area contributed by atoms with Crippen LogP contribution in [0.1, 0.15) is 11.3 Å². The van der Waals surface area contributed by atoms with E-state index < -0.39 is 0 Å². The van der Waals surface area contributed by atoms with Gasteiger partial charge >= 0.3 is 0 Å². The van der Waals surface area contributed by atoms with E-state index in [-0.39, 0.29) is 0 Å². The summed E-state index contributed by atoms with van der Waals surface area (Å²) >= 11 is 0. The first-order valence-electron chi connectivity index (χ1n) is 6.51. The van der Waals surface area contributed by atoms with E-state index in [9.17, 15) is 0 Å². The molecule has 2 rings (SSSR count). The standard InChI is InChI=1S/C15H20N2O2/c1-18-12-10-17(13-15-3-2-11-19-15)9-6-14-4-7-16-8-5-14/h2-5,7-8,11H,6,9-10,12-13H2,1H3. The van der Waals surface area contributed by atoms with Crippen molar-refractivity contribution in [2.45, 2.75) is 13.0 Å². The Morgan fingerprint density at radius 2 is 2.05 bits per heavy atom. The zero-order chi connectivity index (χ0) is 13.3. The first kappa shape index (κ1) is 13.8. The molecular formula is C15H20N2O2. The molecule has 0 radical (unpaired) electrons. The lowest BCUT2D eigenvalue weighted by Crippen LogP contribution is -2.29. The van der Waals surface area contributed by atoms with Gasteiger partial charge in [0.05, 0.1) is 19.4 Å². The van der Waals surface area contributed by atoms with E-state index in [1.165, 1.54) is 5.56 Å². The minimum Gasteiger partial charge on any atom is -0.468 e. The van der Waals surface area contributed by atoms with Gasteiger partial charge in [0.2, 0.25) is 0 Å². The average molecular weight is 260 g/mol. The van der Waals surface area contributed by atoms with Crippen LogP contribution in [0.15, 0.2) is 47.3 Å². The molecule has 0 aliphatic carbocycles. The normalized spacial score (nSPS) is 11.1. The van der Waals surface area contributed by atoms with E-state index in [0.29, 0.717) is 0 Å². The van der Waals surface area contributed by atoms with E-state index in [0.717, 1.165) is 38.4 Å². The van der Waals surface area contributed by atoms with E-state index in [2.05, 4.69) is 22.0 Å². The third-order valence-corrected chi connectivity index (χ3v) is 3.04. The molecule has 2 aromatic rings. The molecule has 0 atom stereocenters. The summed E-state index contributed by atoms with van der Waals surface area (Å²) in [5, 5.41) is 0. The van der Waals surface area contributed by atoms with Crippen LogP contribution in [0.2, 0.25) is 0 Å². The van der Waals surface area contributed by atoms with Crippen LogP contribution in [0.3, 0.4) is 0 Å². The van der Waals surface area contributed by atoms with Crippen molar-refractivity contribution >= 4 is 0 Å². The molecule has 4 nitrogen and oxygen atoms in total. The average Bonchev–Trinajstić information content (AvgIpc) is 2.96. The van der Waals surface area contributed by atoms with Gasteiger partial charge < -0.3 is 9.15 Å². The van der Waals surface area contributed by atoms with Crippen LogP contribution >= 0.6 is 0 Å². The number of hydrogen-bond donors (Lipinski definition) is 0. The van der Waals surface area contributed by atoms with Crippen LogP contribution in [-0.2, 0) is 17.7 Å². The van der Waals surface area contributed by atoms with Gasteiger partial charge in [0, 0.05) is 32.6 Å². The monoisotopic (exact) mass is 260 g/mol. The summed E-state index contributed by atoms with van der Waals surface area (Å²) in [4.78, 5) is 6.37. The van der Waals surface area contributed by atoms with Gasteiger partial charge in [-0.25, -0.2) is 0 Å². The predicted octanol–water partition coefficient (Wildman–Crippen LogP) is 2.37. The van der Waals surface area contributed by atoms with Gasteiger partial charge in [0.15, 0.2) is 0 Å². The summed E-state index contributed by atoms with van der Waals surface area (Å²) in [5.74, 6) is 0.992. The second kappa shape index (κ2) is 7.71. The van der Waals surface area contributed by atoms with Gasteiger partial charge in [0.1, 0.15) is 5.76 Å². The predicted molar refractivity (Wildman–Crippen MR) is 73.8 cm³/mol. The van der Waals surface area contributed by atoms with E-state index >= 15 is 0 Å². The Bertz CT molecular complexity index is 442. The number of methoxy groups -OCH3 is 1. The van der Waals surface area contributed by atoms with E-state index in [4.69, 9.17) is 9.15 Å². The third kappa shape index (κ3) is 4.85. The molecule has 0 unspecified atom stereocenters. The van der Waals surface area contributed by atoms with Crippen molar-refractivity contribution < 1.29 is 9.15 Å². The highest BCUT2D eigenvalue weighted by molar-refractivity contribution is 5.10. The molecule has 0 spiro atoms. The molecule has 0 N–H and O–H groups in total. The Morgan fingerprint density at radius 3 is 2.74 bits per heavy atom. The van der Waals surface area contributed by atoms with E-state index in [1.54, 1.807) is 13.4 Å². The SMILES string of the molecule is COCCN(CCc1ccncc1)Cc1ccco1. The number of furan rings is 1. The fraction of sp³-hybridized carbons (Fsp3) is 0.400. The Hall–Kier alpha value is -1.65. The van der Waals surface area contributed by atoms with Gasteiger partial charge in [-0.15, -0.1) is 0 Å². The van der Waals surface area contributed by atoms with Gasteiger partial charge in [0.25, 0.3) is 0 Å². The van der Waals surface area contributed by atoms with Crippen molar-refractivity contribution in [3.8, 4) is 0 Å². The molecule has 102 valence electrons. The highest BCUT2D eigenvalue weighted by Crippen LogP contribution is 2.07. The Labute approximate surface area is 114 Å². The van der Waals surface area contributed by atoms with Crippen molar-refractivity contribution in [3.63, 3.8) is 0 Å². The maximum Gasteiger partial charge on any atom is 0.117 e. The Kier molecular flexibility index (Phi) is 5.59. The number of aromatic nitrogens is 1. The third-order valence-electron chi connectivity index (χ3n) is 3.04. The largest absolute Gasteiger partial charge is 0.468 e. The lowest BCUT2D eigenvalue weighted by Gasteiger charge is -2.20. The summed E-state index contributed by atoms with van der Waals surface area (Å²) in [7, 11) is 1.73. The fourth-order valence-corrected chi connectivity index (χ4v) is 1.95. The molecule has 0 amide bonds. The summed E-state index contributed by atoms with van der Waals surface area (Å²) in [5.41, 5.74) is 1.30. The van der Waals surface area contributed by atoms with Gasteiger partial charge in [-0.1, -0.05) is 0 Å². The molecule has 0 aromatic carbocycles. The maximum absolute atomic E-state index is 5.40. The second-order valence-electron chi connectivity index (χ2n) is 4.45. The lowest BCUT2D eigenvalue weighted by molar-refractivity contribution is 0.140. The second-order valence-corrected chi connectivity index (χ2v) is 4.45. The van der Waals surface area contributed by atoms with Crippen molar-refractivity contribution in [2.75, 3.05) is 26.8 Å². The number of nitrogens with zero attached hydrogens (tertiary/aromatic N) is 2. The molecule has 0 saturated heterocycles. The minimum absolute atomic E-state index is 0.733. The van der Waals surface area contributed by atoms with Crippen molar-refractivity contribution in [1.82, 2.24) is 9.88 Å². The molecule has 0 bridgehead atoms.